The average molecular weight is 429 g/mol. The van der Waals surface area contributed by atoms with Gasteiger partial charge < -0.3 is 14.6 Å². The van der Waals surface area contributed by atoms with Crippen molar-refractivity contribution >= 4 is 29.5 Å². The summed E-state index contributed by atoms with van der Waals surface area (Å²) in [6.07, 6.45) is 1.18. The molecule has 1 N–H and O–H groups in total. The molecule has 0 saturated carbocycles. The molecule has 2 aromatic heterocycles. The van der Waals surface area contributed by atoms with E-state index in [-0.39, 0.29) is 18.0 Å². The van der Waals surface area contributed by atoms with Gasteiger partial charge in [-0.15, -0.1) is 0 Å². The number of nitrogens with one attached hydrogen (secondary N) is 1. The maximum Gasteiger partial charge on any atom is 0.415 e. The van der Waals surface area contributed by atoms with Crippen LogP contribution in [0.15, 0.2) is 41.1 Å². The molecular formula is C20H21ClN6O3. The van der Waals surface area contributed by atoms with Crippen molar-refractivity contribution in [2.24, 2.45) is 5.92 Å². The van der Waals surface area contributed by atoms with Gasteiger partial charge in [0.25, 0.3) is 0 Å². The third kappa shape index (κ3) is 3.93. The van der Waals surface area contributed by atoms with Crippen molar-refractivity contribution in [2.45, 2.75) is 32.9 Å². The zero-order valence-corrected chi connectivity index (χ0v) is 17.5. The fraction of sp³-hybridized carbons (Fsp3) is 0.350. The van der Waals surface area contributed by atoms with Gasteiger partial charge in [-0.3, -0.25) is 4.90 Å². The minimum absolute atomic E-state index is 0.0770. The molecule has 1 fully saturated rings. The largest absolute Gasteiger partial charge is 0.447 e. The first-order chi connectivity index (χ1) is 14.4. The van der Waals surface area contributed by atoms with Crippen molar-refractivity contribution in [3.63, 3.8) is 0 Å². The van der Waals surface area contributed by atoms with Crippen LogP contribution >= 0.6 is 11.6 Å². The van der Waals surface area contributed by atoms with Crippen LogP contribution in [0.25, 0.3) is 11.4 Å². The van der Waals surface area contributed by atoms with Gasteiger partial charge in [-0.1, -0.05) is 42.7 Å². The van der Waals surface area contributed by atoms with Crippen LogP contribution in [0.1, 0.15) is 32.7 Å². The Hall–Kier alpha value is -3.20. The number of benzene rings is 1. The van der Waals surface area contributed by atoms with Gasteiger partial charge in [0.2, 0.25) is 17.7 Å². The van der Waals surface area contributed by atoms with Crippen molar-refractivity contribution in [1.29, 1.82) is 0 Å². The second-order valence-electron chi connectivity index (χ2n) is 7.30. The first kappa shape index (κ1) is 20.1. The van der Waals surface area contributed by atoms with E-state index in [0.717, 1.165) is 0 Å². The van der Waals surface area contributed by atoms with Gasteiger partial charge in [0, 0.05) is 11.8 Å². The number of hydrogen-bond acceptors (Lipinski definition) is 8. The molecule has 2 atom stereocenters. The van der Waals surface area contributed by atoms with Gasteiger partial charge in [0.05, 0.1) is 11.1 Å². The Morgan fingerprint density at radius 2 is 2.00 bits per heavy atom. The molecule has 1 amide bonds. The number of amides is 1. The SMILES string of the molecule is CC(Nc1nccc(N2C(=O)OCC2C(C)C)n1)c1nc(-c2ccccc2Cl)no1. The lowest BCUT2D eigenvalue weighted by molar-refractivity contribution is 0.177. The van der Waals surface area contributed by atoms with Gasteiger partial charge in [0.1, 0.15) is 18.5 Å². The van der Waals surface area contributed by atoms with Crippen molar-refractivity contribution in [3.8, 4) is 11.4 Å². The van der Waals surface area contributed by atoms with Gasteiger partial charge >= 0.3 is 6.09 Å². The molecule has 156 valence electrons. The molecule has 4 rings (SSSR count). The molecule has 3 heterocycles. The smallest absolute Gasteiger partial charge is 0.415 e. The molecule has 3 aromatic rings. The molecule has 10 heteroatoms. The number of rotatable bonds is 6. The molecule has 0 radical (unpaired) electrons. The summed E-state index contributed by atoms with van der Waals surface area (Å²) in [5.41, 5.74) is 0.687. The maximum absolute atomic E-state index is 12.2. The number of aromatic nitrogens is 4. The molecule has 1 aromatic carbocycles. The Morgan fingerprint density at radius 3 is 2.77 bits per heavy atom. The van der Waals surface area contributed by atoms with Gasteiger partial charge in [-0.05, 0) is 31.0 Å². The Morgan fingerprint density at radius 1 is 1.20 bits per heavy atom. The molecule has 9 nitrogen and oxygen atoms in total. The summed E-state index contributed by atoms with van der Waals surface area (Å²) in [6.45, 7) is 6.26. The number of carbonyl (C=O) groups is 1. The molecule has 2 unspecified atom stereocenters. The first-order valence-corrected chi connectivity index (χ1v) is 9.96. The van der Waals surface area contributed by atoms with E-state index in [9.17, 15) is 4.79 Å². The first-order valence-electron chi connectivity index (χ1n) is 9.58. The van der Waals surface area contributed by atoms with Crippen LogP contribution in [-0.2, 0) is 4.74 Å². The second kappa shape index (κ2) is 8.27. The Kier molecular flexibility index (Phi) is 5.54. The van der Waals surface area contributed by atoms with E-state index in [4.69, 9.17) is 20.9 Å². The van der Waals surface area contributed by atoms with Crippen molar-refractivity contribution in [3.05, 3.63) is 47.4 Å². The fourth-order valence-corrected chi connectivity index (χ4v) is 3.38. The van der Waals surface area contributed by atoms with Gasteiger partial charge in [0.15, 0.2) is 0 Å². The zero-order valence-electron chi connectivity index (χ0n) is 16.7. The van der Waals surface area contributed by atoms with E-state index in [1.54, 1.807) is 23.2 Å². The summed E-state index contributed by atoms with van der Waals surface area (Å²) in [5, 5.41) is 7.68. The van der Waals surface area contributed by atoms with Crippen LogP contribution in [0.2, 0.25) is 5.02 Å². The van der Waals surface area contributed by atoms with Crippen LogP contribution in [0, 0.1) is 5.92 Å². The van der Waals surface area contributed by atoms with Crippen LogP contribution < -0.4 is 10.2 Å². The van der Waals surface area contributed by atoms with E-state index >= 15 is 0 Å². The number of nitrogens with zero attached hydrogens (tertiary/aromatic N) is 5. The predicted molar refractivity (Wildman–Crippen MR) is 111 cm³/mol. The lowest BCUT2D eigenvalue weighted by Gasteiger charge is -2.23. The molecule has 30 heavy (non-hydrogen) atoms. The Labute approximate surface area is 178 Å². The number of ether oxygens (including phenoxy) is 1. The highest BCUT2D eigenvalue weighted by Gasteiger charge is 2.37. The van der Waals surface area contributed by atoms with Crippen molar-refractivity contribution in [2.75, 3.05) is 16.8 Å². The molecule has 0 bridgehead atoms. The molecule has 0 spiro atoms. The topological polar surface area (TPSA) is 106 Å². The molecular weight excluding hydrogens is 408 g/mol. The Balaban J connectivity index is 1.52. The van der Waals surface area contributed by atoms with E-state index < -0.39 is 6.09 Å². The molecule has 1 saturated heterocycles. The summed E-state index contributed by atoms with van der Waals surface area (Å²) in [6, 6.07) is 8.51. The zero-order chi connectivity index (χ0) is 21.3. The third-order valence-corrected chi connectivity index (χ3v) is 5.17. The average Bonchev–Trinajstić information content (AvgIpc) is 3.36. The highest BCUT2D eigenvalue weighted by Crippen LogP contribution is 2.28. The lowest BCUT2D eigenvalue weighted by Crippen LogP contribution is -2.37. The quantitative estimate of drug-likeness (QED) is 0.618. The van der Waals surface area contributed by atoms with Gasteiger partial charge in [-0.2, -0.15) is 9.97 Å². The van der Waals surface area contributed by atoms with E-state index in [1.807, 2.05) is 39.0 Å². The van der Waals surface area contributed by atoms with Crippen LogP contribution in [0.5, 0.6) is 0 Å². The van der Waals surface area contributed by atoms with Crippen LogP contribution in [0.3, 0.4) is 0 Å². The summed E-state index contributed by atoms with van der Waals surface area (Å²) >= 11 is 6.20. The van der Waals surface area contributed by atoms with Crippen LogP contribution in [0.4, 0.5) is 16.6 Å². The Bertz CT molecular complexity index is 1060. The monoisotopic (exact) mass is 428 g/mol. The highest BCUT2D eigenvalue weighted by molar-refractivity contribution is 6.33. The van der Waals surface area contributed by atoms with E-state index in [0.29, 0.717) is 40.7 Å². The maximum atomic E-state index is 12.2. The van der Waals surface area contributed by atoms with E-state index in [2.05, 4.69) is 25.4 Å². The standard InChI is InChI=1S/C20H21ClN6O3/c1-11(2)15-10-29-20(28)27(15)16-8-9-22-19(24-16)23-12(3)18-25-17(26-30-18)13-6-4-5-7-14(13)21/h4-9,11-12,15H,10H2,1-3H3,(H,22,23,24). The van der Waals surface area contributed by atoms with Crippen molar-refractivity contribution < 1.29 is 14.1 Å². The minimum atomic E-state index is -0.410. The minimum Gasteiger partial charge on any atom is -0.447 e. The van der Waals surface area contributed by atoms with Gasteiger partial charge in [-0.25, -0.2) is 9.78 Å². The molecule has 1 aliphatic rings. The third-order valence-electron chi connectivity index (χ3n) is 4.84. The highest BCUT2D eigenvalue weighted by atomic mass is 35.5. The number of halogens is 1. The summed E-state index contributed by atoms with van der Waals surface area (Å²) in [5.74, 6) is 1.80. The van der Waals surface area contributed by atoms with E-state index in [1.165, 1.54) is 0 Å². The molecule has 1 aliphatic heterocycles. The number of carbonyl (C=O) groups excluding carboxylic acids is 1. The number of hydrogen-bond donors (Lipinski definition) is 1. The number of cyclic esters (lactones) is 1. The summed E-state index contributed by atoms with van der Waals surface area (Å²) < 4.78 is 10.6. The van der Waals surface area contributed by atoms with Crippen molar-refractivity contribution in [1.82, 2.24) is 20.1 Å². The summed E-state index contributed by atoms with van der Waals surface area (Å²) in [7, 11) is 0. The predicted octanol–water partition coefficient (Wildman–Crippen LogP) is 4.33. The second-order valence-corrected chi connectivity index (χ2v) is 7.71. The normalized spacial score (nSPS) is 17.3. The molecule has 0 aliphatic carbocycles. The summed E-state index contributed by atoms with van der Waals surface area (Å²) in [4.78, 5) is 26.9. The fourth-order valence-electron chi connectivity index (χ4n) is 3.16. The number of anilines is 2. The van der Waals surface area contributed by atoms with Crippen LogP contribution in [-0.4, -0.2) is 38.9 Å². The lowest BCUT2D eigenvalue weighted by atomic mass is 10.0.